The van der Waals surface area contributed by atoms with Crippen molar-refractivity contribution in [2.24, 2.45) is 0 Å². The van der Waals surface area contributed by atoms with Crippen LogP contribution in [0.3, 0.4) is 0 Å². The van der Waals surface area contributed by atoms with Gasteiger partial charge in [-0.3, -0.25) is 0 Å². The van der Waals surface area contributed by atoms with Crippen molar-refractivity contribution in [2.75, 3.05) is 0 Å². The number of halogens is 1. The summed E-state index contributed by atoms with van der Waals surface area (Å²) in [5, 5.41) is 11.6. The van der Waals surface area contributed by atoms with E-state index in [0.29, 0.717) is 5.92 Å². The van der Waals surface area contributed by atoms with Gasteiger partial charge < -0.3 is 5.11 Å². The molecule has 1 saturated carbocycles. The Morgan fingerprint density at radius 3 is 2.74 bits per heavy atom. The van der Waals surface area contributed by atoms with Crippen LogP contribution in [0, 0.1) is 0 Å². The number of aliphatic hydroxyl groups excluding tert-OH is 1. The van der Waals surface area contributed by atoms with Gasteiger partial charge in [0.05, 0.1) is 16.7 Å². The van der Waals surface area contributed by atoms with Gasteiger partial charge in [0.2, 0.25) is 0 Å². The predicted octanol–water partition coefficient (Wildman–Crippen LogP) is 3.99. The standard InChI is InChI=1S/C14H15BrN2OS/c15-10-7-13(19-8-10)12-5-6-16-14(17-12)9-1-3-11(18)4-2-9/h5-9,11,18H,1-4H2. The number of nitrogens with zero attached hydrogens (tertiary/aromatic N) is 2. The molecule has 2 aromatic rings. The number of hydrogen-bond donors (Lipinski definition) is 1. The summed E-state index contributed by atoms with van der Waals surface area (Å²) in [6.45, 7) is 0. The molecule has 19 heavy (non-hydrogen) atoms. The first kappa shape index (κ1) is 13.2. The normalized spacial score (nSPS) is 23.5. The van der Waals surface area contributed by atoms with Crippen molar-refractivity contribution < 1.29 is 5.11 Å². The number of thiophene rings is 1. The predicted molar refractivity (Wildman–Crippen MR) is 80.3 cm³/mol. The first-order valence-electron chi connectivity index (χ1n) is 6.48. The Hall–Kier alpha value is -0.780. The molecule has 0 spiro atoms. The number of rotatable bonds is 2. The fraction of sp³-hybridized carbons (Fsp3) is 0.429. The first-order valence-corrected chi connectivity index (χ1v) is 8.15. The maximum absolute atomic E-state index is 9.56. The van der Waals surface area contributed by atoms with E-state index in [1.165, 1.54) is 0 Å². The molecule has 0 atom stereocenters. The van der Waals surface area contributed by atoms with Gasteiger partial charge in [0.15, 0.2) is 0 Å². The molecule has 0 bridgehead atoms. The fourth-order valence-electron chi connectivity index (χ4n) is 2.49. The van der Waals surface area contributed by atoms with E-state index < -0.39 is 0 Å². The average molecular weight is 339 g/mol. The minimum absolute atomic E-state index is 0.132. The van der Waals surface area contributed by atoms with E-state index in [1.807, 2.05) is 12.3 Å². The van der Waals surface area contributed by atoms with Gasteiger partial charge in [-0.25, -0.2) is 9.97 Å². The smallest absolute Gasteiger partial charge is 0.132 e. The second-order valence-electron chi connectivity index (χ2n) is 4.93. The van der Waals surface area contributed by atoms with E-state index in [4.69, 9.17) is 4.98 Å². The lowest BCUT2D eigenvalue weighted by Crippen LogP contribution is -2.18. The Morgan fingerprint density at radius 1 is 1.26 bits per heavy atom. The Labute approximate surface area is 124 Å². The highest BCUT2D eigenvalue weighted by Gasteiger charge is 2.23. The molecule has 1 aliphatic rings. The molecule has 100 valence electrons. The summed E-state index contributed by atoms with van der Waals surface area (Å²) in [4.78, 5) is 10.3. The lowest BCUT2D eigenvalue weighted by Gasteiger charge is -2.24. The summed E-state index contributed by atoms with van der Waals surface area (Å²) in [5.74, 6) is 1.32. The minimum Gasteiger partial charge on any atom is -0.393 e. The van der Waals surface area contributed by atoms with E-state index in [0.717, 1.165) is 46.6 Å². The minimum atomic E-state index is -0.132. The Balaban J connectivity index is 1.84. The van der Waals surface area contributed by atoms with Gasteiger partial charge in [0.1, 0.15) is 5.82 Å². The summed E-state index contributed by atoms with van der Waals surface area (Å²) in [5.41, 5.74) is 0.992. The Kier molecular flexibility index (Phi) is 3.96. The van der Waals surface area contributed by atoms with Crippen LogP contribution in [-0.4, -0.2) is 21.2 Å². The second-order valence-corrected chi connectivity index (χ2v) is 6.76. The van der Waals surface area contributed by atoms with Gasteiger partial charge >= 0.3 is 0 Å². The maximum Gasteiger partial charge on any atom is 0.132 e. The average Bonchev–Trinajstić information content (AvgIpc) is 2.86. The van der Waals surface area contributed by atoms with E-state index in [9.17, 15) is 5.11 Å². The SMILES string of the molecule is OC1CCC(c2nccc(-c3cc(Br)cs3)n2)CC1. The largest absolute Gasteiger partial charge is 0.393 e. The monoisotopic (exact) mass is 338 g/mol. The zero-order chi connectivity index (χ0) is 13.2. The van der Waals surface area contributed by atoms with Crippen LogP contribution in [0.25, 0.3) is 10.6 Å². The fourth-order valence-corrected chi connectivity index (χ4v) is 3.89. The molecule has 0 aromatic carbocycles. The molecule has 2 aromatic heterocycles. The third-order valence-corrected chi connectivity index (χ3v) is 5.27. The summed E-state index contributed by atoms with van der Waals surface area (Å²) in [7, 11) is 0. The lowest BCUT2D eigenvalue weighted by molar-refractivity contribution is 0.121. The van der Waals surface area contributed by atoms with Gasteiger partial charge in [-0.05, 0) is 53.7 Å². The molecular formula is C14H15BrN2OS. The number of aromatic nitrogens is 2. The van der Waals surface area contributed by atoms with Crippen LogP contribution in [0.15, 0.2) is 28.2 Å². The van der Waals surface area contributed by atoms with Crippen molar-refractivity contribution in [2.45, 2.75) is 37.7 Å². The van der Waals surface area contributed by atoms with Crippen LogP contribution >= 0.6 is 27.3 Å². The highest BCUT2D eigenvalue weighted by molar-refractivity contribution is 9.10. The Bertz CT molecular complexity index is 564. The molecule has 1 fully saturated rings. The molecule has 1 N–H and O–H groups in total. The molecule has 1 aliphatic carbocycles. The zero-order valence-electron chi connectivity index (χ0n) is 10.4. The molecular weight excluding hydrogens is 324 g/mol. The molecule has 2 heterocycles. The maximum atomic E-state index is 9.56. The third kappa shape index (κ3) is 3.04. The van der Waals surface area contributed by atoms with E-state index in [1.54, 1.807) is 11.3 Å². The number of hydrogen-bond acceptors (Lipinski definition) is 4. The van der Waals surface area contributed by atoms with E-state index in [2.05, 4.69) is 32.4 Å². The second kappa shape index (κ2) is 5.69. The molecule has 0 aliphatic heterocycles. The Morgan fingerprint density at radius 2 is 2.05 bits per heavy atom. The van der Waals surface area contributed by atoms with Crippen LogP contribution in [0.4, 0.5) is 0 Å². The van der Waals surface area contributed by atoms with E-state index >= 15 is 0 Å². The van der Waals surface area contributed by atoms with Gasteiger partial charge in [0.25, 0.3) is 0 Å². The van der Waals surface area contributed by atoms with E-state index in [-0.39, 0.29) is 6.10 Å². The van der Waals surface area contributed by atoms with Crippen molar-refractivity contribution in [3.05, 3.63) is 34.0 Å². The van der Waals surface area contributed by atoms with Crippen LogP contribution in [-0.2, 0) is 0 Å². The van der Waals surface area contributed by atoms with Crippen LogP contribution in [0.1, 0.15) is 37.4 Å². The molecule has 0 radical (unpaired) electrons. The first-order chi connectivity index (χ1) is 9.22. The zero-order valence-corrected chi connectivity index (χ0v) is 12.8. The number of aliphatic hydroxyl groups is 1. The quantitative estimate of drug-likeness (QED) is 0.900. The molecule has 5 heteroatoms. The molecule has 3 nitrogen and oxygen atoms in total. The van der Waals surface area contributed by atoms with Gasteiger partial charge in [-0.1, -0.05) is 0 Å². The summed E-state index contributed by atoms with van der Waals surface area (Å²) in [6, 6.07) is 4.04. The van der Waals surface area contributed by atoms with Gasteiger partial charge in [-0.15, -0.1) is 11.3 Å². The molecule has 0 amide bonds. The van der Waals surface area contributed by atoms with Crippen molar-refractivity contribution >= 4 is 27.3 Å². The summed E-state index contributed by atoms with van der Waals surface area (Å²) >= 11 is 5.15. The highest BCUT2D eigenvalue weighted by Crippen LogP contribution is 2.33. The van der Waals surface area contributed by atoms with Crippen molar-refractivity contribution in [1.29, 1.82) is 0 Å². The van der Waals surface area contributed by atoms with Crippen LogP contribution in [0.2, 0.25) is 0 Å². The molecule has 0 unspecified atom stereocenters. The van der Waals surface area contributed by atoms with Crippen molar-refractivity contribution in [1.82, 2.24) is 9.97 Å². The van der Waals surface area contributed by atoms with Gasteiger partial charge in [0, 0.05) is 22.0 Å². The highest BCUT2D eigenvalue weighted by atomic mass is 79.9. The van der Waals surface area contributed by atoms with Crippen LogP contribution in [0.5, 0.6) is 0 Å². The van der Waals surface area contributed by atoms with Crippen molar-refractivity contribution in [3.63, 3.8) is 0 Å². The van der Waals surface area contributed by atoms with Crippen LogP contribution < -0.4 is 0 Å². The summed E-state index contributed by atoms with van der Waals surface area (Å²) in [6.07, 6.45) is 5.41. The molecule has 3 rings (SSSR count). The lowest BCUT2D eigenvalue weighted by atomic mass is 9.87. The topological polar surface area (TPSA) is 46.0 Å². The van der Waals surface area contributed by atoms with Crippen molar-refractivity contribution in [3.8, 4) is 10.6 Å². The molecule has 0 saturated heterocycles. The summed E-state index contributed by atoms with van der Waals surface area (Å²) < 4.78 is 1.09. The van der Waals surface area contributed by atoms with Gasteiger partial charge in [-0.2, -0.15) is 0 Å². The third-order valence-electron chi connectivity index (χ3n) is 3.56.